The third-order valence-corrected chi connectivity index (χ3v) is 5.05. The molecule has 1 N–H and O–H groups in total. The molecule has 5 heteroatoms. The van der Waals surface area contributed by atoms with Crippen molar-refractivity contribution in [2.24, 2.45) is 4.99 Å². The molecule has 102 valence electrons. The van der Waals surface area contributed by atoms with Crippen LogP contribution in [-0.2, 0) is 11.3 Å². The van der Waals surface area contributed by atoms with Gasteiger partial charge in [0.2, 0.25) is 0 Å². The SMILES string of the molecule is Cc1ccncc1CN=C1NC2(CCOCC2)CS1. The zero-order valence-electron chi connectivity index (χ0n) is 11.2. The lowest BCUT2D eigenvalue weighted by Gasteiger charge is -2.32. The van der Waals surface area contributed by atoms with E-state index in [0.29, 0.717) is 6.54 Å². The molecule has 3 rings (SSSR count). The molecule has 3 heterocycles. The zero-order valence-corrected chi connectivity index (χ0v) is 12.0. The lowest BCUT2D eigenvalue weighted by atomic mass is 9.93. The number of pyridine rings is 1. The first kappa shape index (κ1) is 12.9. The molecule has 1 spiro atoms. The quantitative estimate of drug-likeness (QED) is 0.899. The first-order chi connectivity index (χ1) is 9.27. The van der Waals surface area contributed by atoms with Gasteiger partial charge in [0.25, 0.3) is 0 Å². The fourth-order valence-corrected chi connectivity index (χ4v) is 3.66. The second kappa shape index (κ2) is 5.51. The van der Waals surface area contributed by atoms with E-state index in [0.717, 1.165) is 37.0 Å². The van der Waals surface area contributed by atoms with E-state index in [1.807, 2.05) is 30.2 Å². The summed E-state index contributed by atoms with van der Waals surface area (Å²) in [5.41, 5.74) is 2.68. The van der Waals surface area contributed by atoms with Gasteiger partial charge in [0.1, 0.15) is 0 Å². The summed E-state index contributed by atoms with van der Waals surface area (Å²) in [6, 6.07) is 2.03. The minimum absolute atomic E-state index is 0.228. The van der Waals surface area contributed by atoms with Gasteiger partial charge in [-0.3, -0.25) is 9.98 Å². The Morgan fingerprint density at radius 1 is 1.47 bits per heavy atom. The summed E-state index contributed by atoms with van der Waals surface area (Å²) in [7, 11) is 0. The second-order valence-corrected chi connectivity index (χ2v) is 6.19. The van der Waals surface area contributed by atoms with E-state index in [1.165, 1.54) is 11.1 Å². The molecule has 2 saturated heterocycles. The predicted octanol–water partition coefficient (Wildman–Crippen LogP) is 2.13. The van der Waals surface area contributed by atoms with E-state index in [4.69, 9.17) is 9.73 Å². The molecule has 0 atom stereocenters. The Bertz CT molecular complexity index is 483. The summed E-state index contributed by atoms with van der Waals surface area (Å²) < 4.78 is 5.44. The van der Waals surface area contributed by atoms with Crippen molar-refractivity contribution in [1.82, 2.24) is 10.3 Å². The van der Waals surface area contributed by atoms with Crippen LogP contribution in [0.25, 0.3) is 0 Å². The summed E-state index contributed by atoms with van der Waals surface area (Å²) >= 11 is 1.84. The maximum Gasteiger partial charge on any atom is 0.157 e. The van der Waals surface area contributed by atoms with Crippen LogP contribution >= 0.6 is 11.8 Å². The van der Waals surface area contributed by atoms with Crippen LogP contribution in [0.15, 0.2) is 23.5 Å². The molecule has 0 amide bonds. The molecule has 2 fully saturated rings. The number of aliphatic imine (C=N–C) groups is 1. The summed E-state index contributed by atoms with van der Waals surface area (Å²) in [5.74, 6) is 1.11. The minimum atomic E-state index is 0.228. The van der Waals surface area contributed by atoms with E-state index >= 15 is 0 Å². The van der Waals surface area contributed by atoms with Crippen molar-refractivity contribution in [3.63, 3.8) is 0 Å². The smallest absolute Gasteiger partial charge is 0.157 e. The number of ether oxygens (including phenoxy) is 1. The Morgan fingerprint density at radius 2 is 2.32 bits per heavy atom. The second-order valence-electron chi connectivity index (χ2n) is 5.23. The molecule has 0 bridgehead atoms. The van der Waals surface area contributed by atoms with E-state index in [2.05, 4.69) is 17.2 Å². The number of thioether (sulfide) groups is 1. The number of nitrogens with one attached hydrogen (secondary N) is 1. The van der Waals surface area contributed by atoms with Crippen LogP contribution in [-0.4, -0.2) is 34.7 Å². The normalized spacial score (nSPS) is 23.7. The summed E-state index contributed by atoms with van der Waals surface area (Å²) in [5, 5.41) is 4.68. The van der Waals surface area contributed by atoms with Gasteiger partial charge >= 0.3 is 0 Å². The van der Waals surface area contributed by atoms with Gasteiger partial charge in [0.05, 0.1) is 12.1 Å². The number of rotatable bonds is 2. The molecular weight excluding hydrogens is 258 g/mol. The van der Waals surface area contributed by atoms with Crippen molar-refractivity contribution < 1.29 is 4.74 Å². The average Bonchev–Trinajstić information content (AvgIpc) is 2.82. The largest absolute Gasteiger partial charge is 0.381 e. The van der Waals surface area contributed by atoms with Gasteiger partial charge in [-0.2, -0.15) is 0 Å². The van der Waals surface area contributed by atoms with Crippen molar-refractivity contribution >= 4 is 16.9 Å². The Labute approximate surface area is 118 Å². The van der Waals surface area contributed by atoms with Gasteiger partial charge in [-0.25, -0.2) is 0 Å². The first-order valence-electron chi connectivity index (χ1n) is 6.70. The highest BCUT2D eigenvalue weighted by Gasteiger charge is 2.38. The average molecular weight is 277 g/mol. The van der Waals surface area contributed by atoms with Crippen molar-refractivity contribution in [2.75, 3.05) is 19.0 Å². The van der Waals surface area contributed by atoms with E-state index in [-0.39, 0.29) is 5.54 Å². The van der Waals surface area contributed by atoms with Crippen LogP contribution in [0.3, 0.4) is 0 Å². The van der Waals surface area contributed by atoms with E-state index < -0.39 is 0 Å². The molecule has 4 nitrogen and oxygen atoms in total. The van der Waals surface area contributed by atoms with Gasteiger partial charge in [0.15, 0.2) is 5.17 Å². The lowest BCUT2D eigenvalue weighted by molar-refractivity contribution is 0.0555. The number of hydrogen-bond donors (Lipinski definition) is 1. The van der Waals surface area contributed by atoms with Gasteiger partial charge in [-0.1, -0.05) is 11.8 Å². The van der Waals surface area contributed by atoms with E-state index in [9.17, 15) is 0 Å². The lowest BCUT2D eigenvalue weighted by Crippen LogP contribution is -2.48. The fourth-order valence-electron chi connectivity index (χ4n) is 2.44. The molecule has 0 saturated carbocycles. The zero-order chi connectivity index (χ0) is 13.1. The molecular formula is C14H19N3OS. The topological polar surface area (TPSA) is 46.5 Å². The number of nitrogens with zero attached hydrogens (tertiary/aromatic N) is 2. The van der Waals surface area contributed by atoms with Crippen molar-refractivity contribution in [1.29, 1.82) is 0 Å². The monoisotopic (exact) mass is 277 g/mol. The standard InChI is InChI=1S/C14H19N3OS/c1-11-2-5-15-8-12(11)9-16-13-17-14(10-19-13)3-6-18-7-4-14/h2,5,8H,3-4,6-7,9-10H2,1H3,(H,16,17). The molecule has 19 heavy (non-hydrogen) atoms. The van der Waals surface area contributed by atoms with Crippen LogP contribution < -0.4 is 5.32 Å². The maximum absolute atomic E-state index is 5.44. The molecule has 1 aromatic rings. The third-order valence-electron chi connectivity index (χ3n) is 3.85. The fraction of sp³-hybridized carbons (Fsp3) is 0.571. The molecule has 0 radical (unpaired) electrons. The molecule has 2 aliphatic heterocycles. The summed E-state index contributed by atoms with van der Waals surface area (Å²) in [4.78, 5) is 8.85. The van der Waals surface area contributed by atoms with Crippen LogP contribution in [0.2, 0.25) is 0 Å². The highest BCUT2D eigenvalue weighted by atomic mass is 32.2. The van der Waals surface area contributed by atoms with Gasteiger partial charge in [0, 0.05) is 31.4 Å². The number of amidine groups is 1. The highest BCUT2D eigenvalue weighted by molar-refractivity contribution is 8.14. The highest BCUT2D eigenvalue weighted by Crippen LogP contribution is 2.31. The predicted molar refractivity (Wildman–Crippen MR) is 78.5 cm³/mol. The van der Waals surface area contributed by atoms with Crippen molar-refractivity contribution in [2.45, 2.75) is 31.8 Å². The van der Waals surface area contributed by atoms with Gasteiger partial charge in [-0.15, -0.1) is 0 Å². The molecule has 0 aromatic carbocycles. The first-order valence-corrected chi connectivity index (χ1v) is 7.69. The third kappa shape index (κ3) is 2.92. The Morgan fingerprint density at radius 3 is 3.11 bits per heavy atom. The molecule has 0 unspecified atom stereocenters. The Kier molecular flexibility index (Phi) is 3.75. The van der Waals surface area contributed by atoms with Crippen molar-refractivity contribution in [3.05, 3.63) is 29.6 Å². The number of hydrogen-bond acceptors (Lipinski definition) is 4. The Balaban J connectivity index is 1.64. The Hall–Kier alpha value is -1.07. The molecule has 0 aliphatic carbocycles. The molecule has 1 aromatic heterocycles. The number of aryl methyl sites for hydroxylation is 1. The van der Waals surface area contributed by atoms with Gasteiger partial charge in [-0.05, 0) is 37.0 Å². The van der Waals surface area contributed by atoms with Crippen LogP contribution in [0.1, 0.15) is 24.0 Å². The van der Waals surface area contributed by atoms with Crippen LogP contribution in [0.5, 0.6) is 0 Å². The van der Waals surface area contributed by atoms with Gasteiger partial charge < -0.3 is 10.1 Å². The maximum atomic E-state index is 5.44. The van der Waals surface area contributed by atoms with Crippen LogP contribution in [0.4, 0.5) is 0 Å². The number of aromatic nitrogens is 1. The summed E-state index contributed by atoms with van der Waals surface area (Å²) in [6.45, 7) is 4.54. The molecule has 2 aliphatic rings. The van der Waals surface area contributed by atoms with Crippen molar-refractivity contribution in [3.8, 4) is 0 Å². The van der Waals surface area contributed by atoms with E-state index in [1.54, 1.807) is 0 Å². The van der Waals surface area contributed by atoms with Crippen LogP contribution in [0, 0.1) is 6.92 Å². The summed E-state index contributed by atoms with van der Waals surface area (Å²) in [6.07, 6.45) is 5.91. The minimum Gasteiger partial charge on any atom is -0.381 e.